The molecular formula is C7H9F3N4O2. The molecule has 1 rings (SSSR count). The van der Waals surface area contributed by atoms with Gasteiger partial charge in [0.25, 0.3) is 5.97 Å². The van der Waals surface area contributed by atoms with E-state index in [2.05, 4.69) is 20.9 Å². The summed E-state index contributed by atoms with van der Waals surface area (Å²) in [5, 5.41) is 13.0. The zero-order chi connectivity index (χ0) is 12.8. The van der Waals surface area contributed by atoms with Crippen LogP contribution in [0.15, 0.2) is 17.3 Å². The average Bonchev–Trinajstić information content (AvgIpc) is 2.53. The van der Waals surface area contributed by atoms with Crippen molar-refractivity contribution in [2.75, 3.05) is 0 Å². The number of amidine groups is 1. The van der Waals surface area contributed by atoms with E-state index >= 15 is 0 Å². The summed E-state index contributed by atoms with van der Waals surface area (Å²) in [6.45, 7) is 1.08. The fraction of sp³-hybridized carbons (Fsp3) is 0.286. The molecule has 0 atom stereocenters. The molecule has 1 aromatic rings. The van der Waals surface area contributed by atoms with E-state index in [1.165, 1.54) is 12.3 Å². The molecule has 90 valence electrons. The Morgan fingerprint density at radius 1 is 1.62 bits per heavy atom. The highest BCUT2D eigenvalue weighted by molar-refractivity contribution is 5.87. The quantitative estimate of drug-likeness (QED) is 0.502. The number of rotatable bonds is 1. The molecule has 0 aliphatic heterocycles. The summed E-state index contributed by atoms with van der Waals surface area (Å²) in [6, 6.07) is 1.28. The second-order valence-electron chi connectivity index (χ2n) is 2.46. The number of nitrogens with zero attached hydrogens (tertiary/aromatic N) is 2. The Kier molecular flexibility index (Phi) is 4.99. The van der Waals surface area contributed by atoms with Gasteiger partial charge in [0.2, 0.25) is 5.84 Å². The lowest BCUT2D eigenvalue weighted by Gasteiger charge is -2.02. The lowest BCUT2D eigenvalue weighted by Crippen LogP contribution is -2.30. The van der Waals surface area contributed by atoms with Crippen LogP contribution in [0.1, 0.15) is 6.92 Å². The number of nitrogens with two attached hydrogens (primary N) is 1. The van der Waals surface area contributed by atoms with Crippen LogP contribution < -0.4 is 5.73 Å². The van der Waals surface area contributed by atoms with Crippen molar-refractivity contribution in [2.24, 2.45) is 10.7 Å². The lowest BCUT2D eigenvalue weighted by molar-refractivity contribution is -0.134. The molecule has 0 radical (unpaired) electrons. The Bertz CT molecular complexity index is 354. The fourth-order valence-electron chi connectivity index (χ4n) is 0.504. The van der Waals surface area contributed by atoms with Crippen LogP contribution in [0.4, 0.5) is 19.0 Å². The minimum absolute atomic E-state index is 0.0233. The summed E-state index contributed by atoms with van der Waals surface area (Å²) in [7, 11) is 0. The number of aliphatic carboxylic acids is 1. The molecule has 1 heterocycles. The summed E-state index contributed by atoms with van der Waals surface area (Å²) in [6.07, 6.45) is -3.31. The van der Waals surface area contributed by atoms with E-state index in [9.17, 15) is 13.2 Å². The summed E-state index contributed by atoms with van der Waals surface area (Å²) in [5.41, 5.74) is 4.62. The van der Waals surface area contributed by atoms with Gasteiger partial charge < -0.3 is 10.8 Å². The van der Waals surface area contributed by atoms with Gasteiger partial charge in [0.05, 0.1) is 6.20 Å². The van der Waals surface area contributed by atoms with Crippen LogP contribution in [0, 0.1) is 0 Å². The third-order valence-electron chi connectivity index (χ3n) is 1.02. The Morgan fingerprint density at radius 3 is 2.44 bits per heavy atom. The number of nitrogens with one attached hydrogen (secondary N) is 1. The maximum absolute atomic E-state index is 11.8. The van der Waals surface area contributed by atoms with Crippen LogP contribution in [0.5, 0.6) is 0 Å². The van der Waals surface area contributed by atoms with Gasteiger partial charge >= 0.3 is 6.18 Å². The van der Waals surface area contributed by atoms with Crippen LogP contribution in [0.2, 0.25) is 0 Å². The Balaban J connectivity index is 0.000000487. The average molecular weight is 238 g/mol. The monoisotopic (exact) mass is 238 g/mol. The maximum atomic E-state index is 11.8. The van der Waals surface area contributed by atoms with Crippen LogP contribution in [-0.2, 0) is 4.79 Å². The standard InChI is InChI=1S/C5H5F3N4.C2H4O2/c6-5(7,8)4(9)11-3-1-2-10-12-3;1-2(3)4/h1-2H,(H3,9,10,11,12);1H3,(H,3,4). The van der Waals surface area contributed by atoms with Crippen LogP contribution in [0.25, 0.3) is 0 Å². The van der Waals surface area contributed by atoms with Crippen molar-refractivity contribution in [3.05, 3.63) is 12.3 Å². The van der Waals surface area contributed by atoms with Gasteiger partial charge in [0.15, 0.2) is 0 Å². The fourth-order valence-corrected chi connectivity index (χ4v) is 0.504. The van der Waals surface area contributed by atoms with Crippen molar-refractivity contribution in [3.8, 4) is 0 Å². The molecule has 1 aromatic heterocycles. The van der Waals surface area contributed by atoms with Crippen molar-refractivity contribution >= 4 is 17.6 Å². The first kappa shape index (κ1) is 13.9. The summed E-state index contributed by atoms with van der Waals surface area (Å²) in [5.74, 6) is -2.25. The minimum Gasteiger partial charge on any atom is -0.481 e. The Morgan fingerprint density at radius 2 is 2.12 bits per heavy atom. The third kappa shape index (κ3) is 6.40. The van der Waals surface area contributed by atoms with E-state index in [-0.39, 0.29) is 5.82 Å². The van der Waals surface area contributed by atoms with Crippen molar-refractivity contribution in [1.29, 1.82) is 0 Å². The van der Waals surface area contributed by atoms with Crippen molar-refractivity contribution in [1.82, 2.24) is 10.2 Å². The molecule has 0 spiro atoms. The molecule has 0 bridgehead atoms. The van der Waals surface area contributed by atoms with Crippen LogP contribution in [0.3, 0.4) is 0 Å². The molecule has 0 amide bonds. The van der Waals surface area contributed by atoms with Gasteiger partial charge in [0, 0.05) is 13.0 Å². The second-order valence-corrected chi connectivity index (χ2v) is 2.46. The Labute approximate surface area is 88.0 Å². The van der Waals surface area contributed by atoms with E-state index in [0.29, 0.717) is 0 Å². The molecule has 0 unspecified atom stereocenters. The molecule has 9 heteroatoms. The van der Waals surface area contributed by atoms with Gasteiger partial charge in [-0.3, -0.25) is 9.89 Å². The van der Waals surface area contributed by atoms with Gasteiger partial charge in [-0.05, 0) is 0 Å². The number of aromatic amines is 1. The number of halogens is 3. The number of hydrogen-bond donors (Lipinski definition) is 3. The first-order valence-electron chi connectivity index (χ1n) is 3.83. The number of carboxylic acid groups (broad SMARTS) is 1. The summed E-state index contributed by atoms with van der Waals surface area (Å²) in [4.78, 5) is 12.0. The lowest BCUT2D eigenvalue weighted by atomic mass is 10.5. The summed E-state index contributed by atoms with van der Waals surface area (Å²) < 4.78 is 35.3. The number of alkyl halides is 3. The summed E-state index contributed by atoms with van der Waals surface area (Å²) >= 11 is 0. The topological polar surface area (TPSA) is 104 Å². The highest BCUT2D eigenvalue weighted by Gasteiger charge is 2.33. The molecule has 6 nitrogen and oxygen atoms in total. The maximum Gasteiger partial charge on any atom is 0.449 e. The van der Waals surface area contributed by atoms with Gasteiger partial charge in [-0.2, -0.15) is 18.3 Å². The van der Waals surface area contributed by atoms with E-state index in [4.69, 9.17) is 9.90 Å². The van der Waals surface area contributed by atoms with E-state index in [1.807, 2.05) is 0 Å². The van der Waals surface area contributed by atoms with Gasteiger partial charge in [-0.1, -0.05) is 0 Å². The predicted octanol–water partition coefficient (Wildman–Crippen LogP) is 1.05. The number of carboxylic acids is 1. The van der Waals surface area contributed by atoms with E-state index in [0.717, 1.165) is 6.92 Å². The molecule has 0 fully saturated rings. The zero-order valence-electron chi connectivity index (χ0n) is 8.12. The first-order chi connectivity index (χ1) is 7.23. The molecular weight excluding hydrogens is 229 g/mol. The van der Waals surface area contributed by atoms with Crippen molar-refractivity contribution in [2.45, 2.75) is 13.1 Å². The highest BCUT2D eigenvalue weighted by atomic mass is 19.4. The molecule has 16 heavy (non-hydrogen) atoms. The van der Waals surface area contributed by atoms with E-state index < -0.39 is 18.0 Å². The molecule has 0 saturated heterocycles. The van der Waals surface area contributed by atoms with Crippen molar-refractivity contribution < 1.29 is 23.1 Å². The zero-order valence-corrected chi connectivity index (χ0v) is 8.12. The Hall–Kier alpha value is -2.06. The normalized spacial score (nSPS) is 11.6. The van der Waals surface area contributed by atoms with Gasteiger partial charge in [-0.15, -0.1) is 0 Å². The number of carbonyl (C=O) groups is 1. The molecule has 0 aliphatic carbocycles. The smallest absolute Gasteiger partial charge is 0.449 e. The van der Waals surface area contributed by atoms with Crippen LogP contribution >= 0.6 is 0 Å². The van der Waals surface area contributed by atoms with Crippen molar-refractivity contribution in [3.63, 3.8) is 0 Å². The number of H-pyrrole nitrogens is 1. The third-order valence-corrected chi connectivity index (χ3v) is 1.02. The number of aromatic nitrogens is 2. The van der Waals surface area contributed by atoms with Gasteiger partial charge in [0.1, 0.15) is 5.82 Å². The van der Waals surface area contributed by atoms with E-state index in [1.54, 1.807) is 0 Å². The number of aliphatic imine (C=N–C) groups is 1. The minimum atomic E-state index is -4.59. The SMILES string of the molecule is CC(=O)O.N/C(=N\c1ccn[nH]1)C(F)(F)F. The first-order valence-corrected chi connectivity index (χ1v) is 3.83. The molecule has 0 aliphatic rings. The largest absolute Gasteiger partial charge is 0.481 e. The molecule has 4 N–H and O–H groups in total. The second kappa shape index (κ2) is 5.73. The molecule has 0 aromatic carbocycles. The highest BCUT2D eigenvalue weighted by Crippen LogP contribution is 2.17. The molecule has 0 saturated carbocycles. The van der Waals surface area contributed by atoms with Gasteiger partial charge in [-0.25, -0.2) is 4.99 Å². The van der Waals surface area contributed by atoms with Crippen LogP contribution in [-0.4, -0.2) is 33.3 Å². The predicted molar refractivity (Wildman–Crippen MR) is 49.2 cm³/mol. The number of hydrogen-bond acceptors (Lipinski definition) is 3.